The maximum Gasteiger partial charge on any atom is 0.410 e. The molecule has 0 N–H and O–H groups in total. The van der Waals surface area contributed by atoms with Crippen LogP contribution in [-0.2, 0) is 19.7 Å². The lowest BCUT2D eigenvalue weighted by Gasteiger charge is -2.43. The topological polar surface area (TPSA) is 65.6 Å². The van der Waals surface area contributed by atoms with E-state index in [4.69, 9.17) is 9.47 Å². The Morgan fingerprint density at radius 3 is 2.29 bits per heavy atom. The number of nitrogens with zero attached hydrogens (tertiary/aromatic N) is 4. The summed E-state index contributed by atoms with van der Waals surface area (Å²) in [6, 6.07) is 4.07. The fourth-order valence-corrected chi connectivity index (χ4v) is 5.68. The van der Waals surface area contributed by atoms with Gasteiger partial charge in [-0.1, -0.05) is 0 Å². The summed E-state index contributed by atoms with van der Waals surface area (Å²) in [5.41, 5.74) is 0.456. The third-order valence-corrected chi connectivity index (χ3v) is 7.69. The number of hydrogen-bond donors (Lipinski definition) is 0. The molecule has 0 aromatic heterocycles. The lowest BCUT2D eigenvalue weighted by molar-refractivity contribution is -0.124. The molecule has 9 heteroatoms. The fraction of sp³-hybridized carbons (Fsp3) is 0.680. The molecule has 1 aromatic carbocycles. The Morgan fingerprint density at radius 2 is 1.74 bits per heavy atom. The van der Waals surface area contributed by atoms with E-state index in [-0.39, 0.29) is 17.8 Å². The van der Waals surface area contributed by atoms with Crippen molar-refractivity contribution in [2.45, 2.75) is 50.7 Å². The monoisotopic (exact) mass is 474 g/mol. The summed E-state index contributed by atoms with van der Waals surface area (Å²) in [7, 11) is 1.73. The minimum Gasteiger partial charge on any atom is -0.444 e. The Morgan fingerprint density at radius 1 is 1.09 bits per heavy atom. The second-order valence-corrected chi connectivity index (χ2v) is 10.9. The highest BCUT2D eigenvalue weighted by molar-refractivity contribution is 6.08. The van der Waals surface area contributed by atoms with E-state index in [9.17, 15) is 9.59 Å². The molecule has 4 aliphatic rings. The predicted molar refractivity (Wildman–Crippen MR) is 127 cm³/mol. The summed E-state index contributed by atoms with van der Waals surface area (Å²) in [5, 5.41) is 0. The Hall–Kier alpha value is -2.39. The van der Waals surface area contributed by atoms with Gasteiger partial charge in [-0.15, -0.1) is 0 Å². The summed E-state index contributed by atoms with van der Waals surface area (Å²) in [5.74, 6) is -0.414. The van der Waals surface area contributed by atoms with Crippen LogP contribution in [0.15, 0.2) is 12.1 Å². The van der Waals surface area contributed by atoms with E-state index in [0.29, 0.717) is 43.2 Å². The highest BCUT2D eigenvalue weighted by atomic mass is 19.1. The molecule has 0 radical (unpaired) electrons. The zero-order valence-electron chi connectivity index (χ0n) is 20.6. The first kappa shape index (κ1) is 23.4. The van der Waals surface area contributed by atoms with Crippen molar-refractivity contribution in [1.82, 2.24) is 9.80 Å². The van der Waals surface area contributed by atoms with E-state index in [0.717, 1.165) is 45.1 Å². The van der Waals surface area contributed by atoms with Crippen LogP contribution >= 0.6 is 0 Å². The van der Waals surface area contributed by atoms with Crippen molar-refractivity contribution < 1.29 is 23.5 Å². The molecular formula is C25H35FN4O4. The first-order valence-corrected chi connectivity index (χ1v) is 12.3. The third kappa shape index (κ3) is 3.92. The summed E-state index contributed by atoms with van der Waals surface area (Å²) < 4.78 is 26.5. The first-order valence-electron chi connectivity index (χ1n) is 12.3. The molecule has 4 aliphatic heterocycles. The van der Waals surface area contributed by atoms with Crippen molar-refractivity contribution in [2.75, 3.05) is 69.3 Å². The van der Waals surface area contributed by atoms with Crippen molar-refractivity contribution in [3.63, 3.8) is 0 Å². The van der Waals surface area contributed by atoms with Crippen molar-refractivity contribution in [3.8, 4) is 0 Å². The fourth-order valence-electron chi connectivity index (χ4n) is 5.68. The van der Waals surface area contributed by atoms with Gasteiger partial charge in [-0.2, -0.15) is 0 Å². The summed E-state index contributed by atoms with van der Waals surface area (Å²) in [6.07, 6.45) is 0.395. The van der Waals surface area contributed by atoms with Gasteiger partial charge in [0, 0.05) is 57.6 Å². The number of halogens is 1. The number of likely N-dealkylation sites (N-methyl/N-ethyl adjacent to an activating group) is 1. The van der Waals surface area contributed by atoms with Gasteiger partial charge in [0.2, 0.25) is 5.91 Å². The number of benzene rings is 1. The molecule has 0 atom stereocenters. The Bertz CT molecular complexity index is 974. The zero-order valence-corrected chi connectivity index (χ0v) is 20.6. The van der Waals surface area contributed by atoms with Crippen molar-refractivity contribution >= 4 is 23.4 Å². The van der Waals surface area contributed by atoms with Gasteiger partial charge in [0.15, 0.2) is 0 Å². The van der Waals surface area contributed by atoms with Gasteiger partial charge in [-0.3, -0.25) is 9.69 Å². The molecular weight excluding hydrogens is 439 g/mol. The zero-order chi connectivity index (χ0) is 24.3. The molecule has 2 amide bonds. The second-order valence-electron chi connectivity index (χ2n) is 10.9. The molecule has 0 aliphatic carbocycles. The number of likely N-dealkylation sites (tertiary alicyclic amines) is 1. The van der Waals surface area contributed by atoms with Gasteiger partial charge in [0.1, 0.15) is 11.4 Å². The SMILES string of the molecule is CN1C(=O)C2(CCN(C(=O)OC(C)(C)C)CC2)c2c(F)cc(N3CCN(C4COC4)CC3)cc21. The molecule has 5 rings (SSSR count). The summed E-state index contributed by atoms with van der Waals surface area (Å²) in [4.78, 5) is 33.8. The van der Waals surface area contributed by atoms with Crippen LogP contribution in [-0.4, -0.2) is 93.0 Å². The molecule has 1 aromatic rings. The molecule has 34 heavy (non-hydrogen) atoms. The van der Waals surface area contributed by atoms with E-state index in [2.05, 4.69) is 9.80 Å². The Balaban J connectivity index is 1.34. The van der Waals surface area contributed by atoms with Crippen LogP contribution < -0.4 is 9.80 Å². The van der Waals surface area contributed by atoms with Crippen LogP contribution in [0.5, 0.6) is 0 Å². The average molecular weight is 475 g/mol. The highest BCUT2D eigenvalue weighted by Crippen LogP contribution is 2.50. The minimum atomic E-state index is -0.922. The molecule has 3 fully saturated rings. The van der Waals surface area contributed by atoms with Crippen LogP contribution in [0.3, 0.4) is 0 Å². The third-order valence-electron chi connectivity index (χ3n) is 7.69. The number of piperazine rings is 1. The highest BCUT2D eigenvalue weighted by Gasteiger charge is 2.53. The molecule has 1 spiro atoms. The standard InChI is InChI=1S/C25H35FN4O4/c1-24(2,3)34-23(32)30-7-5-25(6-8-30)21-19(26)13-17(14-20(21)27(4)22(25)31)28-9-11-29(12-10-28)18-15-33-16-18/h13-14,18H,5-12,15-16H2,1-4H3. The van der Waals surface area contributed by atoms with Gasteiger partial charge in [0.05, 0.1) is 30.4 Å². The second kappa shape index (κ2) is 8.37. The molecule has 8 nitrogen and oxygen atoms in total. The van der Waals surface area contributed by atoms with Crippen LogP contribution in [0.25, 0.3) is 0 Å². The number of ether oxygens (including phenoxy) is 2. The molecule has 4 heterocycles. The maximum atomic E-state index is 15.7. The molecule has 0 unspecified atom stereocenters. The number of rotatable bonds is 2. The molecule has 0 saturated carbocycles. The molecule has 0 bridgehead atoms. The van der Waals surface area contributed by atoms with Gasteiger partial charge in [-0.25, -0.2) is 9.18 Å². The molecule has 186 valence electrons. The normalized spacial score (nSPS) is 23.3. The van der Waals surface area contributed by atoms with Gasteiger partial charge >= 0.3 is 6.09 Å². The lowest BCUT2D eigenvalue weighted by Crippen LogP contribution is -2.56. The summed E-state index contributed by atoms with van der Waals surface area (Å²) >= 11 is 0. The first-order chi connectivity index (χ1) is 16.1. The largest absolute Gasteiger partial charge is 0.444 e. The number of hydrogen-bond acceptors (Lipinski definition) is 6. The van der Waals surface area contributed by atoms with Crippen molar-refractivity contribution in [1.29, 1.82) is 0 Å². The minimum absolute atomic E-state index is 0.0859. The van der Waals surface area contributed by atoms with E-state index >= 15 is 4.39 Å². The number of amides is 2. The van der Waals surface area contributed by atoms with E-state index < -0.39 is 11.0 Å². The number of anilines is 2. The van der Waals surface area contributed by atoms with Crippen LogP contribution in [0.2, 0.25) is 0 Å². The maximum absolute atomic E-state index is 15.7. The van der Waals surface area contributed by atoms with E-state index in [1.807, 2.05) is 26.8 Å². The summed E-state index contributed by atoms with van der Waals surface area (Å²) in [6.45, 7) is 11.3. The predicted octanol–water partition coefficient (Wildman–Crippen LogP) is 2.59. The van der Waals surface area contributed by atoms with Gasteiger partial charge in [0.25, 0.3) is 0 Å². The van der Waals surface area contributed by atoms with Crippen molar-refractivity contribution in [2.24, 2.45) is 0 Å². The Labute approximate surface area is 200 Å². The van der Waals surface area contributed by atoms with Crippen LogP contribution in [0.4, 0.5) is 20.6 Å². The van der Waals surface area contributed by atoms with Crippen molar-refractivity contribution in [3.05, 3.63) is 23.5 Å². The van der Waals surface area contributed by atoms with Gasteiger partial charge in [-0.05, 0) is 45.7 Å². The number of carbonyl (C=O) groups is 2. The van der Waals surface area contributed by atoms with Crippen LogP contribution in [0.1, 0.15) is 39.2 Å². The number of fused-ring (bicyclic) bond motifs is 2. The van der Waals surface area contributed by atoms with E-state index in [1.54, 1.807) is 22.9 Å². The quantitative estimate of drug-likeness (QED) is 0.657. The number of piperidine rings is 1. The lowest BCUT2D eigenvalue weighted by atomic mass is 9.73. The van der Waals surface area contributed by atoms with E-state index in [1.165, 1.54) is 0 Å². The van der Waals surface area contributed by atoms with Crippen LogP contribution in [0, 0.1) is 5.82 Å². The molecule has 3 saturated heterocycles. The van der Waals surface area contributed by atoms with Gasteiger partial charge < -0.3 is 24.2 Å². The Kier molecular flexibility index (Phi) is 5.75. The number of carbonyl (C=O) groups excluding carboxylic acids is 2. The average Bonchev–Trinajstić information content (AvgIpc) is 2.95. The smallest absolute Gasteiger partial charge is 0.410 e.